The number of likely N-dealkylation sites (tertiary alicyclic amines) is 1. The zero-order valence-electron chi connectivity index (χ0n) is 32.7. The average Bonchev–Trinajstić information content (AvgIpc) is 3.61. The van der Waals surface area contributed by atoms with Gasteiger partial charge in [-0.2, -0.15) is 0 Å². The lowest BCUT2D eigenvalue weighted by molar-refractivity contribution is -0.141. The number of carbonyl (C=O) groups excluding carboxylic acids is 6. The SMILES string of the molecule is CC(=O)N[C@@H](Cc1ccc(C(=N)N)cc1)C(=O)N[C@H](C(=O)N[C@@H](CCCCN(C)C)C(=O)N[C@@H](CC(C)C)C(=O)N1CCC[C@H]1C(N)=O)C1CCCCC1. The predicted octanol–water partition coefficient (Wildman–Crippen LogP) is 1.31. The van der Waals surface area contributed by atoms with Crippen molar-refractivity contribution < 1.29 is 28.8 Å². The molecule has 15 heteroatoms. The van der Waals surface area contributed by atoms with Crippen molar-refractivity contribution in [1.29, 1.82) is 5.41 Å². The summed E-state index contributed by atoms with van der Waals surface area (Å²) < 4.78 is 0. The Labute approximate surface area is 320 Å². The number of hydrogen-bond acceptors (Lipinski definition) is 8. The molecule has 1 aromatic rings. The molecule has 6 amide bonds. The van der Waals surface area contributed by atoms with Gasteiger partial charge in [0.25, 0.3) is 0 Å². The zero-order chi connectivity index (χ0) is 39.9. The van der Waals surface area contributed by atoms with Crippen LogP contribution in [0.5, 0.6) is 0 Å². The molecule has 0 spiro atoms. The van der Waals surface area contributed by atoms with Crippen LogP contribution in [-0.4, -0.2) is 108 Å². The first-order valence-corrected chi connectivity index (χ1v) is 19.4. The van der Waals surface area contributed by atoms with Crippen LogP contribution in [0, 0.1) is 17.2 Å². The summed E-state index contributed by atoms with van der Waals surface area (Å²) in [6, 6.07) is 2.19. The Morgan fingerprint density at radius 2 is 1.44 bits per heavy atom. The van der Waals surface area contributed by atoms with Crippen LogP contribution in [0.2, 0.25) is 0 Å². The minimum Gasteiger partial charge on any atom is -0.384 e. The highest BCUT2D eigenvalue weighted by molar-refractivity contribution is 5.97. The second-order valence-corrected chi connectivity index (χ2v) is 15.6. The summed E-state index contributed by atoms with van der Waals surface area (Å²) in [5.74, 6) is -3.15. The van der Waals surface area contributed by atoms with Crippen LogP contribution in [0.1, 0.15) is 103 Å². The Bertz CT molecular complexity index is 1460. The molecule has 0 aromatic heterocycles. The summed E-state index contributed by atoms with van der Waals surface area (Å²) in [5, 5.41) is 19.2. The van der Waals surface area contributed by atoms with Gasteiger partial charge >= 0.3 is 0 Å². The van der Waals surface area contributed by atoms with Crippen molar-refractivity contribution in [2.75, 3.05) is 27.2 Å². The second kappa shape index (κ2) is 21.4. The van der Waals surface area contributed by atoms with Gasteiger partial charge in [-0.05, 0) is 89.4 Å². The third-order valence-corrected chi connectivity index (χ3v) is 10.3. The highest BCUT2D eigenvalue weighted by Crippen LogP contribution is 2.27. The Kier molecular flexibility index (Phi) is 17.4. The smallest absolute Gasteiger partial charge is 0.245 e. The maximum atomic E-state index is 14.3. The van der Waals surface area contributed by atoms with Gasteiger partial charge in [-0.15, -0.1) is 0 Å². The number of amidine groups is 1. The molecule has 2 fully saturated rings. The molecule has 1 saturated carbocycles. The number of benzene rings is 1. The molecule has 0 unspecified atom stereocenters. The third-order valence-electron chi connectivity index (χ3n) is 10.3. The van der Waals surface area contributed by atoms with Crippen LogP contribution >= 0.6 is 0 Å². The van der Waals surface area contributed by atoms with Gasteiger partial charge in [0.15, 0.2) is 0 Å². The highest BCUT2D eigenvalue weighted by Gasteiger charge is 2.39. The van der Waals surface area contributed by atoms with Crippen LogP contribution in [-0.2, 0) is 35.2 Å². The van der Waals surface area contributed by atoms with E-state index in [0.717, 1.165) is 37.8 Å². The van der Waals surface area contributed by atoms with Crippen LogP contribution in [0.3, 0.4) is 0 Å². The number of hydrogen-bond donors (Lipinski definition) is 7. The Hall–Kier alpha value is -4.53. The molecule has 5 atom stereocenters. The standard InChI is InChI=1S/C39H63N9O6/c1-24(2)22-31(39(54)48-21-11-15-32(48)35(42)50)45-36(51)29(14-9-10-20-47(4)5)44-38(53)33(27-12-7-6-8-13-27)46-37(52)30(43-25(3)49)23-26-16-18-28(19-17-26)34(40)41/h16-19,24,27,29-33H,6-15,20-23H2,1-5H3,(H3,40,41)(H2,42,50)(H,43,49)(H,44,53)(H,45,51)(H,46,52)/t29-,30-,31-,32-,33-/m0/s1. The minimum atomic E-state index is -0.999. The van der Waals surface area contributed by atoms with E-state index in [4.69, 9.17) is 16.9 Å². The van der Waals surface area contributed by atoms with Crippen molar-refractivity contribution in [2.45, 2.75) is 128 Å². The molecule has 9 N–H and O–H groups in total. The van der Waals surface area contributed by atoms with Gasteiger partial charge < -0.3 is 42.5 Å². The number of nitrogens with zero attached hydrogens (tertiary/aromatic N) is 2. The molecule has 0 radical (unpaired) electrons. The summed E-state index contributed by atoms with van der Waals surface area (Å²) in [6.07, 6.45) is 7.45. The first kappa shape index (κ1) is 43.9. The van der Waals surface area contributed by atoms with Crippen molar-refractivity contribution in [3.8, 4) is 0 Å². The molecule has 300 valence electrons. The number of nitrogens with two attached hydrogens (primary N) is 2. The lowest BCUT2D eigenvalue weighted by Crippen LogP contribution is -2.60. The normalized spacial score (nSPS) is 18.4. The van der Waals surface area contributed by atoms with Crippen LogP contribution < -0.4 is 32.7 Å². The van der Waals surface area contributed by atoms with Gasteiger partial charge in [0, 0.05) is 25.5 Å². The van der Waals surface area contributed by atoms with Crippen molar-refractivity contribution in [1.82, 2.24) is 31.1 Å². The van der Waals surface area contributed by atoms with Gasteiger partial charge in [0.2, 0.25) is 35.4 Å². The summed E-state index contributed by atoms with van der Waals surface area (Å²) in [7, 11) is 3.91. The first-order valence-electron chi connectivity index (χ1n) is 19.4. The van der Waals surface area contributed by atoms with Crippen LogP contribution in [0.4, 0.5) is 0 Å². The number of rotatable bonds is 20. The molecule has 3 rings (SSSR count). The van der Waals surface area contributed by atoms with E-state index in [1.54, 1.807) is 24.3 Å². The first-order chi connectivity index (χ1) is 25.6. The van der Waals surface area contributed by atoms with Crippen molar-refractivity contribution in [2.24, 2.45) is 23.3 Å². The Morgan fingerprint density at radius 3 is 2.02 bits per heavy atom. The second-order valence-electron chi connectivity index (χ2n) is 15.6. The largest absolute Gasteiger partial charge is 0.384 e. The fraction of sp³-hybridized carbons (Fsp3) is 0.667. The van der Waals surface area contributed by atoms with Gasteiger partial charge in [0.05, 0.1) is 0 Å². The van der Waals surface area contributed by atoms with E-state index in [-0.39, 0.29) is 30.0 Å². The van der Waals surface area contributed by atoms with Gasteiger partial charge in [-0.25, -0.2) is 0 Å². The van der Waals surface area contributed by atoms with Crippen LogP contribution in [0.15, 0.2) is 24.3 Å². The van der Waals surface area contributed by atoms with E-state index < -0.39 is 59.7 Å². The Balaban J connectivity index is 1.86. The summed E-state index contributed by atoms with van der Waals surface area (Å²) in [6.45, 7) is 6.35. The van der Waals surface area contributed by atoms with E-state index in [1.165, 1.54) is 11.8 Å². The number of amides is 6. The fourth-order valence-corrected chi connectivity index (χ4v) is 7.43. The molecule has 1 aliphatic carbocycles. The number of unbranched alkanes of at least 4 members (excludes halogenated alkanes) is 1. The number of nitrogens with one attached hydrogen (secondary N) is 5. The number of nitrogen functional groups attached to an aromatic ring is 1. The van der Waals surface area contributed by atoms with E-state index in [2.05, 4.69) is 21.3 Å². The quantitative estimate of drug-likeness (QED) is 0.0582. The average molecular weight is 754 g/mol. The fourth-order valence-electron chi connectivity index (χ4n) is 7.43. The number of carbonyl (C=O) groups is 6. The van der Waals surface area contributed by atoms with Crippen molar-refractivity contribution in [3.05, 3.63) is 35.4 Å². The molecular weight excluding hydrogens is 690 g/mol. The highest BCUT2D eigenvalue weighted by atomic mass is 16.2. The molecular formula is C39H63N9O6. The molecule has 54 heavy (non-hydrogen) atoms. The molecule has 1 aromatic carbocycles. The topological polar surface area (TPSA) is 233 Å². The molecule has 15 nitrogen and oxygen atoms in total. The lowest BCUT2D eigenvalue weighted by atomic mass is 9.83. The maximum Gasteiger partial charge on any atom is 0.245 e. The van der Waals surface area contributed by atoms with E-state index in [9.17, 15) is 28.8 Å². The molecule has 1 aliphatic heterocycles. The van der Waals surface area contributed by atoms with Gasteiger partial charge in [-0.3, -0.25) is 34.2 Å². The Morgan fingerprint density at radius 1 is 0.815 bits per heavy atom. The van der Waals surface area contributed by atoms with Crippen LogP contribution in [0.25, 0.3) is 0 Å². The lowest BCUT2D eigenvalue weighted by Gasteiger charge is -2.33. The molecule has 2 aliphatic rings. The predicted molar refractivity (Wildman–Crippen MR) is 207 cm³/mol. The molecule has 1 saturated heterocycles. The molecule has 0 bridgehead atoms. The van der Waals surface area contributed by atoms with Crippen molar-refractivity contribution in [3.63, 3.8) is 0 Å². The maximum absolute atomic E-state index is 14.3. The monoisotopic (exact) mass is 753 g/mol. The van der Waals surface area contributed by atoms with E-state index >= 15 is 0 Å². The minimum absolute atomic E-state index is 0.0385. The van der Waals surface area contributed by atoms with E-state index in [0.29, 0.717) is 57.1 Å². The molecule has 1 heterocycles. The third kappa shape index (κ3) is 13.7. The van der Waals surface area contributed by atoms with Crippen molar-refractivity contribution >= 4 is 41.3 Å². The van der Waals surface area contributed by atoms with Gasteiger partial charge in [0.1, 0.15) is 36.0 Å². The summed E-state index contributed by atoms with van der Waals surface area (Å²) >= 11 is 0. The van der Waals surface area contributed by atoms with Gasteiger partial charge in [-0.1, -0.05) is 57.4 Å². The number of primary amides is 1. The summed E-state index contributed by atoms with van der Waals surface area (Å²) in [5.41, 5.74) is 12.5. The van der Waals surface area contributed by atoms with E-state index in [1.807, 2.05) is 32.8 Å². The summed E-state index contributed by atoms with van der Waals surface area (Å²) in [4.78, 5) is 83.9. The zero-order valence-corrected chi connectivity index (χ0v) is 32.7.